The molecule has 0 saturated heterocycles. The van der Waals surface area contributed by atoms with Crippen LogP contribution in [0.15, 0.2) is 58.3 Å². The minimum Gasteiger partial charge on any atom is -0.350 e. The van der Waals surface area contributed by atoms with E-state index in [2.05, 4.69) is 10.0 Å². The van der Waals surface area contributed by atoms with Gasteiger partial charge in [-0.2, -0.15) is 0 Å². The Labute approximate surface area is 153 Å². The number of carbonyl (C=O) groups excluding carboxylic acids is 1. The van der Waals surface area contributed by atoms with Crippen molar-refractivity contribution in [1.29, 1.82) is 0 Å². The molecule has 2 rings (SSSR count). The SMILES string of the molecule is CC[C@H](C)NC(=O)c1ccc(NS(=O)(=O)c2ccc(SC)cc2)cc1. The summed E-state index contributed by atoms with van der Waals surface area (Å²) in [6.07, 6.45) is 2.78. The van der Waals surface area contributed by atoms with Gasteiger partial charge in [-0.05, 0) is 68.1 Å². The van der Waals surface area contributed by atoms with E-state index >= 15 is 0 Å². The van der Waals surface area contributed by atoms with Gasteiger partial charge in [0.05, 0.1) is 4.90 Å². The fraction of sp³-hybridized carbons (Fsp3) is 0.278. The Hall–Kier alpha value is -1.99. The molecule has 5 nitrogen and oxygen atoms in total. The zero-order valence-corrected chi connectivity index (χ0v) is 16.1. The summed E-state index contributed by atoms with van der Waals surface area (Å²) in [6.45, 7) is 3.93. The molecule has 0 aromatic heterocycles. The number of carbonyl (C=O) groups is 1. The average Bonchev–Trinajstić information content (AvgIpc) is 2.61. The van der Waals surface area contributed by atoms with Gasteiger partial charge in [-0.1, -0.05) is 6.92 Å². The minimum atomic E-state index is -3.65. The van der Waals surface area contributed by atoms with Crippen LogP contribution in [0, 0.1) is 0 Å². The summed E-state index contributed by atoms with van der Waals surface area (Å²) >= 11 is 1.55. The molecule has 1 amide bonds. The Bertz CT molecular complexity index is 816. The molecule has 0 spiro atoms. The highest BCUT2D eigenvalue weighted by atomic mass is 32.2. The summed E-state index contributed by atoms with van der Waals surface area (Å²) in [7, 11) is -3.65. The van der Waals surface area contributed by atoms with E-state index < -0.39 is 10.0 Å². The first-order valence-electron chi connectivity index (χ1n) is 7.93. The smallest absolute Gasteiger partial charge is 0.261 e. The zero-order chi connectivity index (χ0) is 18.4. The Morgan fingerprint density at radius 3 is 2.20 bits per heavy atom. The number of thioether (sulfide) groups is 1. The maximum Gasteiger partial charge on any atom is 0.261 e. The predicted molar refractivity (Wildman–Crippen MR) is 103 cm³/mol. The van der Waals surface area contributed by atoms with Crippen molar-refractivity contribution in [2.75, 3.05) is 11.0 Å². The normalized spacial score (nSPS) is 12.4. The second-order valence-electron chi connectivity index (χ2n) is 5.64. The fourth-order valence-corrected chi connectivity index (χ4v) is 3.53. The van der Waals surface area contributed by atoms with Crippen LogP contribution in [-0.2, 0) is 10.0 Å². The molecular weight excluding hydrogens is 356 g/mol. The lowest BCUT2D eigenvalue weighted by Crippen LogP contribution is -2.31. The van der Waals surface area contributed by atoms with Gasteiger partial charge in [-0.3, -0.25) is 9.52 Å². The molecule has 134 valence electrons. The van der Waals surface area contributed by atoms with Crippen molar-refractivity contribution in [3.05, 3.63) is 54.1 Å². The van der Waals surface area contributed by atoms with Gasteiger partial charge in [0.2, 0.25) is 0 Å². The van der Waals surface area contributed by atoms with Crippen LogP contribution in [0.2, 0.25) is 0 Å². The first kappa shape index (κ1) is 19.3. The standard InChI is InChI=1S/C18H22N2O3S2/c1-4-13(2)19-18(21)14-5-7-15(8-6-14)20-25(22,23)17-11-9-16(24-3)10-12-17/h5-13,20H,4H2,1-3H3,(H,19,21)/t13-/m0/s1. The van der Waals surface area contributed by atoms with Gasteiger partial charge >= 0.3 is 0 Å². The number of sulfonamides is 1. The van der Waals surface area contributed by atoms with E-state index in [0.717, 1.165) is 11.3 Å². The highest BCUT2D eigenvalue weighted by Gasteiger charge is 2.15. The lowest BCUT2D eigenvalue weighted by molar-refractivity contribution is 0.0939. The van der Waals surface area contributed by atoms with Crippen LogP contribution in [0.25, 0.3) is 0 Å². The molecule has 0 bridgehead atoms. The van der Waals surface area contributed by atoms with E-state index in [1.807, 2.05) is 20.1 Å². The van der Waals surface area contributed by atoms with Crippen molar-refractivity contribution in [3.8, 4) is 0 Å². The third-order valence-corrected chi connectivity index (χ3v) is 5.90. The molecule has 2 aromatic carbocycles. The van der Waals surface area contributed by atoms with Crippen LogP contribution in [0.3, 0.4) is 0 Å². The van der Waals surface area contributed by atoms with Gasteiger partial charge in [-0.15, -0.1) is 11.8 Å². The van der Waals surface area contributed by atoms with Crippen molar-refractivity contribution < 1.29 is 13.2 Å². The number of benzene rings is 2. The third-order valence-electron chi connectivity index (χ3n) is 3.76. The largest absolute Gasteiger partial charge is 0.350 e. The maximum absolute atomic E-state index is 12.4. The molecule has 0 saturated carbocycles. The monoisotopic (exact) mass is 378 g/mol. The number of amides is 1. The molecule has 0 fully saturated rings. The molecular formula is C18H22N2O3S2. The summed E-state index contributed by atoms with van der Waals surface area (Å²) in [5.74, 6) is -0.170. The molecule has 0 aliphatic heterocycles. The molecule has 0 heterocycles. The topological polar surface area (TPSA) is 75.3 Å². The second-order valence-corrected chi connectivity index (χ2v) is 8.20. The van der Waals surface area contributed by atoms with Crippen molar-refractivity contribution in [1.82, 2.24) is 5.32 Å². The predicted octanol–water partition coefficient (Wildman–Crippen LogP) is 3.74. The van der Waals surface area contributed by atoms with E-state index in [4.69, 9.17) is 0 Å². The van der Waals surface area contributed by atoms with Crippen molar-refractivity contribution in [2.24, 2.45) is 0 Å². The van der Waals surface area contributed by atoms with Gasteiger partial charge in [-0.25, -0.2) is 8.42 Å². The Kier molecular flexibility index (Phi) is 6.50. The second kappa shape index (κ2) is 8.40. The van der Waals surface area contributed by atoms with E-state index in [1.54, 1.807) is 60.3 Å². The molecule has 0 aliphatic rings. The Balaban J connectivity index is 2.10. The van der Waals surface area contributed by atoms with Gasteiger partial charge in [0.1, 0.15) is 0 Å². The molecule has 1 atom stereocenters. The number of anilines is 1. The first-order valence-corrected chi connectivity index (χ1v) is 10.6. The molecule has 0 radical (unpaired) electrons. The van der Waals surface area contributed by atoms with Crippen LogP contribution < -0.4 is 10.0 Å². The summed E-state index contributed by atoms with van der Waals surface area (Å²) in [5.41, 5.74) is 0.904. The van der Waals surface area contributed by atoms with Crippen LogP contribution >= 0.6 is 11.8 Å². The first-order chi connectivity index (χ1) is 11.9. The highest BCUT2D eigenvalue weighted by molar-refractivity contribution is 7.98. The van der Waals surface area contributed by atoms with Crippen molar-refractivity contribution >= 4 is 33.4 Å². The molecule has 25 heavy (non-hydrogen) atoms. The lowest BCUT2D eigenvalue weighted by Gasteiger charge is -2.12. The average molecular weight is 379 g/mol. The van der Waals surface area contributed by atoms with Crippen molar-refractivity contribution in [3.63, 3.8) is 0 Å². The number of hydrogen-bond acceptors (Lipinski definition) is 4. The van der Waals surface area contributed by atoms with E-state index in [0.29, 0.717) is 11.3 Å². The molecule has 2 N–H and O–H groups in total. The van der Waals surface area contributed by atoms with Crippen molar-refractivity contribution in [2.45, 2.75) is 36.1 Å². The maximum atomic E-state index is 12.4. The summed E-state index contributed by atoms with van der Waals surface area (Å²) in [5, 5.41) is 2.87. The molecule has 0 aliphatic carbocycles. The van der Waals surface area contributed by atoms with E-state index in [-0.39, 0.29) is 16.8 Å². The third kappa shape index (κ3) is 5.24. The Morgan fingerprint density at radius 1 is 1.08 bits per heavy atom. The summed E-state index contributed by atoms with van der Waals surface area (Å²) in [4.78, 5) is 13.2. The van der Waals surface area contributed by atoms with Gasteiger partial charge < -0.3 is 5.32 Å². The number of nitrogens with one attached hydrogen (secondary N) is 2. The van der Waals surface area contributed by atoms with Crippen LogP contribution in [0.5, 0.6) is 0 Å². The van der Waals surface area contributed by atoms with E-state index in [9.17, 15) is 13.2 Å². The quantitative estimate of drug-likeness (QED) is 0.720. The van der Waals surface area contributed by atoms with Crippen LogP contribution in [-0.4, -0.2) is 26.6 Å². The van der Waals surface area contributed by atoms with E-state index in [1.165, 1.54) is 0 Å². The number of rotatable bonds is 7. The fourth-order valence-electron chi connectivity index (χ4n) is 2.07. The molecule has 7 heteroatoms. The molecule has 2 aromatic rings. The highest BCUT2D eigenvalue weighted by Crippen LogP contribution is 2.20. The lowest BCUT2D eigenvalue weighted by atomic mass is 10.1. The molecule has 0 unspecified atom stereocenters. The summed E-state index contributed by atoms with van der Waals surface area (Å²) in [6, 6.07) is 13.1. The van der Waals surface area contributed by atoms with Gasteiger partial charge in [0.15, 0.2) is 0 Å². The summed E-state index contributed by atoms with van der Waals surface area (Å²) < 4.78 is 27.3. The van der Waals surface area contributed by atoms with Gasteiger partial charge in [0.25, 0.3) is 15.9 Å². The number of hydrogen-bond donors (Lipinski definition) is 2. The van der Waals surface area contributed by atoms with Gasteiger partial charge in [0, 0.05) is 22.2 Å². The Morgan fingerprint density at radius 2 is 1.68 bits per heavy atom. The minimum absolute atomic E-state index is 0.0925. The van der Waals surface area contributed by atoms with Crippen LogP contribution in [0.4, 0.5) is 5.69 Å². The zero-order valence-electron chi connectivity index (χ0n) is 14.4. The van der Waals surface area contributed by atoms with Crippen LogP contribution in [0.1, 0.15) is 30.6 Å².